The van der Waals surface area contributed by atoms with E-state index in [1.54, 1.807) is 24.5 Å². The number of phosphoric ester groups is 2. The zero-order valence-electron chi connectivity index (χ0n) is 45.7. The number of benzene rings is 4. The van der Waals surface area contributed by atoms with E-state index in [1.807, 2.05) is 48.5 Å². The van der Waals surface area contributed by atoms with Crippen molar-refractivity contribution >= 4 is 100 Å². The minimum atomic E-state index is -5.37. The summed E-state index contributed by atoms with van der Waals surface area (Å²) in [5.74, 6) is -4.04. The molecule has 25 nitrogen and oxygen atoms in total. The van der Waals surface area contributed by atoms with Gasteiger partial charge in [-0.2, -0.15) is 27.0 Å². The number of aromatic nitrogens is 2. The number of likely N-dealkylation sites (N-methyl/N-ethyl adjacent to an activating group) is 2. The molecule has 0 unspecified atom stereocenters. The van der Waals surface area contributed by atoms with Gasteiger partial charge in [-0.25, -0.2) is 51.3 Å². The van der Waals surface area contributed by atoms with Crippen LogP contribution in [0.25, 0.3) is 21.5 Å². The summed E-state index contributed by atoms with van der Waals surface area (Å²) in [6, 6.07) is 21.2. The first-order valence-corrected chi connectivity index (χ1v) is 26.0. The van der Waals surface area contributed by atoms with E-state index in [4.69, 9.17) is 19.3 Å². The largest absolute Gasteiger partial charge is 1.00 e. The fourth-order valence-corrected chi connectivity index (χ4v) is 7.74. The Morgan fingerprint density at radius 1 is 0.581 bits per heavy atom. The molecule has 6 aromatic rings. The standard InChI is InChI=1S/2C24H27F2N4O8P.2CH4.3Na.H2O.2H2S/c2*1-30(23(32)28-12-17-7-4-8-20(25)22(17)26)18(10-19(31)14-38-39(34,35)36)13-37-24(33)29-21-9-15-5-2-3-6-16(15)11-27-21;;;;;;;;/h2*2-9,11,18-19,31H,10,12-14H2,1H3,(H,28,32)(H,27,29,33)(H2,34,35,36);2*1H4;;;;3*1H2/q;;;;3*+1;;;/p-3/t2*18-,19+;;;;;;;;/m00......../s1. The van der Waals surface area contributed by atoms with Gasteiger partial charge in [-0.3, -0.25) is 15.2 Å². The van der Waals surface area contributed by atoms with Crippen LogP contribution in [-0.2, 0) is 40.7 Å². The number of phosphoric acid groups is 2. The second kappa shape index (κ2) is 43.1. The van der Waals surface area contributed by atoms with Crippen LogP contribution < -0.4 is 120 Å². The molecule has 6 amide bonds. The number of nitrogens with zero attached hydrogens (tertiary/aromatic N) is 4. The zero-order valence-corrected chi connectivity index (χ0v) is 55.5. The van der Waals surface area contributed by atoms with Crippen LogP contribution in [0.1, 0.15) is 38.8 Å². The summed E-state index contributed by atoms with van der Waals surface area (Å²) in [5.41, 5.74) is -0.233. The maximum Gasteiger partial charge on any atom is 1.00 e. The van der Waals surface area contributed by atoms with Crippen LogP contribution in [0.2, 0.25) is 0 Å². The van der Waals surface area contributed by atoms with Crippen molar-refractivity contribution < 1.29 is 188 Å². The molecule has 2 heterocycles. The quantitative estimate of drug-likeness (QED) is 0.0195. The van der Waals surface area contributed by atoms with E-state index >= 15 is 0 Å². The summed E-state index contributed by atoms with van der Waals surface area (Å²) in [5, 5.41) is 33.4. The Labute approximate surface area is 573 Å². The van der Waals surface area contributed by atoms with Crippen molar-refractivity contribution in [2.24, 2.45) is 0 Å². The second-order valence-corrected chi connectivity index (χ2v) is 19.3. The number of pyridine rings is 2. The first-order valence-electron chi connectivity index (χ1n) is 23.0. The van der Waals surface area contributed by atoms with Gasteiger partial charge in [-0.1, -0.05) is 87.6 Å². The third kappa shape index (κ3) is 30.7. The molecular formula is C50H65F4N8Na3O17P2S2. The monoisotopic (exact) mass is 1320 g/mol. The number of hydrogen-bond acceptors (Lipinski definition) is 17. The van der Waals surface area contributed by atoms with Gasteiger partial charge in [-0.15, -0.1) is 0 Å². The molecule has 0 fully saturated rings. The minimum Gasteiger partial charge on any atom is -0.870 e. The number of carbonyl (C=O) groups is 4. The van der Waals surface area contributed by atoms with Gasteiger partial charge >= 0.3 is 121 Å². The Bertz CT molecular complexity index is 2960. The molecule has 0 aliphatic rings. The zero-order chi connectivity index (χ0) is 57.2. The number of carbonyl (C=O) groups excluding carboxylic acids is 4. The van der Waals surface area contributed by atoms with Crippen LogP contribution in [0.15, 0.2) is 109 Å². The molecule has 460 valence electrons. The summed E-state index contributed by atoms with van der Waals surface area (Å²) >= 11 is 0. The third-order valence-corrected chi connectivity index (χ3v) is 12.1. The summed E-state index contributed by atoms with van der Waals surface area (Å²) in [4.78, 5) is 99.7. The van der Waals surface area contributed by atoms with Gasteiger partial charge in [0.25, 0.3) is 0 Å². The SMILES string of the molecule is C.C.CN(C(=O)NCc1cccc(F)c1F)[C@H](COC(=O)Nc1cc2ccccc2cn1)C[C@@H](O)COP(=O)(O)O.CN(C(=O)NCc1cccc(F)c1F)[C@H](COC(=O)Nc1cc2ccccc2cn1)C[C@@H](O)COP(=O)([O-])[O-].S.S.[Na+].[Na+].[Na+].[OH-]. The number of urea groups is 2. The maximum atomic E-state index is 13.9. The second-order valence-electron chi connectivity index (χ2n) is 16.9. The molecule has 9 N–H and O–H groups in total. The number of ether oxygens (including phenoxy) is 2. The molecule has 0 bridgehead atoms. The average molecular weight is 1320 g/mol. The van der Waals surface area contributed by atoms with E-state index < -0.39 is 114 Å². The van der Waals surface area contributed by atoms with Crippen LogP contribution in [0.3, 0.4) is 0 Å². The smallest absolute Gasteiger partial charge is 0.870 e. The van der Waals surface area contributed by atoms with Gasteiger partial charge in [-0.05, 0) is 47.9 Å². The molecule has 2 aromatic heterocycles. The van der Waals surface area contributed by atoms with Crippen molar-refractivity contribution in [1.29, 1.82) is 0 Å². The Hall–Kier alpha value is -3.70. The molecule has 0 saturated carbocycles. The summed E-state index contributed by atoms with van der Waals surface area (Å²) in [7, 11) is -7.67. The predicted molar refractivity (Wildman–Crippen MR) is 303 cm³/mol. The number of rotatable bonds is 22. The number of fused-ring (bicyclic) bond motifs is 2. The summed E-state index contributed by atoms with van der Waals surface area (Å²) in [6.07, 6.45) is -2.45. The number of aliphatic hydroxyl groups excluding tert-OH is 2. The molecule has 0 spiro atoms. The van der Waals surface area contributed by atoms with Crippen molar-refractivity contribution in [3.8, 4) is 0 Å². The molecule has 36 heteroatoms. The molecule has 6 rings (SSSR count). The van der Waals surface area contributed by atoms with E-state index in [0.717, 1.165) is 43.5 Å². The third-order valence-electron chi connectivity index (χ3n) is 11.1. The number of nitrogens with one attached hydrogen (secondary N) is 4. The Balaban J connectivity index is -0.000000715. The first kappa shape index (κ1) is 88.7. The number of anilines is 2. The molecule has 4 atom stereocenters. The van der Waals surface area contributed by atoms with E-state index in [0.29, 0.717) is 0 Å². The fraction of sp³-hybridized carbons (Fsp3) is 0.320. The van der Waals surface area contributed by atoms with Gasteiger partial charge in [0.05, 0.1) is 45.3 Å². The van der Waals surface area contributed by atoms with Gasteiger partial charge in [0.15, 0.2) is 23.3 Å². The van der Waals surface area contributed by atoms with Crippen molar-refractivity contribution in [1.82, 2.24) is 30.4 Å². The van der Waals surface area contributed by atoms with Crippen LogP contribution in [0.5, 0.6) is 0 Å². The number of aliphatic hydroxyl groups is 2. The van der Waals surface area contributed by atoms with Crippen LogP contribution in [-0.4, -0.2) is 134 Å². The molecule has 0 radical (unpaired) electrons. The van der Waals surface area contributed by atoms with Gasteiger partial charge in [0.2, 0.25) is 0 Å². The molecule has 4 aromatic carbocycles. The Morgan fingerprint density at radius 2 is 0.930 bits per heavy atom. The van der Waals surface area contributed by atoms with Crippen molar-refractivity contribution in [2.75, 3.05) is 51.2 Å². The van der Waals surface area contributed by atoms with E-state index in [-0.39, 0.29) is 185 Å². The van der Waals surface area contributed by atoms with Crippen molar-refractivity contribution in [2.45, 2.75) is 65.1 Å². The Kier molecular flexibility index (Phi) is 44.5. The molecule has 0 aliphatic carbocycles. The maximum absolute atomic E-state index is 13.9. The van der Waals surface area contributed by atoms with Crippen LogP contribution in [0.4, 0.5) is 48.4 Å². The van der Waals surface area contributed by atoms with Crippen LogP contribution in [0, 0.1) is 23.3 Å². The van der Waals surface area contributed by atoms with Gasteiger partial charge in [0.1, 0.15) is 24.8 Å². The van der Waals surface area contributed by atoms with Crippen LogP contribution >= 0.6 is 42.6 Å². The normalized spacial score (nSPS) is 11.8. The number of hydrogen-bond donors (Lipinski definition) is 8. The topological polar surface area (TPSA) is 377 Å². The fourth-order valence-electron chi connectivity index (χ4n) is 7.02. The van der Waals surface area contributed by atoms with E-state index in [9.17, 15) is 65.9 Å². The average Bonchev–Trinajstić information content (AvgIpc) is 3.47. The van der Waals surface area contributed by atoms with E-state index in [2.05, 4.69) is 40.3 Å². The van der Waals surface area contributed by atoms with Gasteiger partial charge < -0.3 is 74.3 Å². The molecule has 0 aliphatic heterocycles. The van der Waals surface area contributed by atoms with Crippen molar-refractivity contribution in [3.05, 3.63) is 144 Å². The predicted octanol–water partition coefficient (Wildman–Crippen LogP) is -2.67. The Morgan fingerprint density at radius 3 is 1.28 bits per heavy atom. The van der Waals surface area contributed by atoms with Gasteiger partial charge in [0, 0.05) is 61.5 Å². The first-order chi connectivity index (χ1) is 36.8. The summed E-state index contributed by atoms with van der Waals surface area (Å²) in [6.45, 7) is -3.34. The number of amides is 6. The van der Waals surface area contributed by atoms with E-state index in [1.165, 1.54) is 38.4 Å². The minimum absolute atomic E-state index is 0. The molecule has 0 saturated heterocycles. The summed E-state index contributed by atoms with van der Waals surface area (Å²) < 4.78 is 95.2. The van der Waals surface area contributed by atoms with Crippen molar-refractivity contribution in [3.63, 3.8) is 0 Å². The molecule has 86 heavy (non-hydrogen) atoms. The molecular weight excluding hydrogens is 1260 g/mol. The number of halogens is 4.